The van der Waals surface area contributed by atoms with Crippen LogP contribution in [0.15, 0.2) is 12.1 Å². The SMILES string of the molecule is CCOc1cc(OC(F)F)c(Cl)cc1Cl. The van der Waals surface area contributed by atoms with Crippen molar-refractivity contribution in [3.8, 4) is 11.5 Å². The van der Waals surface area contributed by atoms with Crippen molar-refractivity contribution in [3.63, 3.8) is 0 Å². The Balaban J connectivity index is 3.00. The smallest absolute Gasteiger partial charge is 0.387 e. The molecule has 0 atom stereocenters. The van der Waals surface area contributed by atoms with Crippen molar-refractivity contribution in [3.05, 3.63) is 22.2 Å². The van der Waals surface area contributed by atoms with Crippen LogP contribution in [0.5, 0.6) is 11.5 Å². The predicted octanol–water partition coefficient (Wildman–Crippen LogP) is 3.99. The molecule has 0 aliphatic rings. The van der Waals surface area contributed by atoms with E-state index in [9.17, 15) is 8.78 Å². The van der Waals surface area contributed by atoms with Crippen LogP contribution >= 0.6 is 23.2 Å². The van der Waals surface area contributed by atoms with E-state index in [4.69, 9.17) is 27.9 Å². The maximum absolute atomic E-state index is 12.0. The summed E-state index contributed by atoms with van der Waals surface area (Å²) >= 11 is 11.4. The average molecular weight is 257 g/mol. The second-order valence-corrected chi connectivity index (χ2v) is 3.34. The lowest BCUT2D eigenvalue weighted by molar-refractivity contribution is -0.0498. The van der Waals surface area contributed by atoms with Gasteiger partial charge in [-0.25, -0.2) is 0 Å². The van der Waals surface area contributed by atoms with Crippen LogP contribution < -0.4 is 9.47 Å². The molecule has 0 heterocycles. The van der Waals surface area contributed by atoms with Gasteiger partial charge in [0.05, 0.1) is 16.7 Å². The van der Waals surface area contributed by atoms with E-state index >= 15 is 0 Å². The van der Waals surface area contributed by atoms with Gasteiger partial charge in [0.1, 0.15) is 11.5 Å². The fourth-order valence-electron chi connectivity index (χ4n) is 0.963. The van der Waals surface area contributed by atoms with E-state index in [1.807, 2.05) is 0 Å². The van der Waals surface area contributed by atoms with E-state index in [2.05, 4.69) is 4.74 Å². The van der Waals surface area contributed by atoms with Crippen LogP contribution in [0, 0.1) is 0 Å². The second kappa shape index (κ2) is 5.37. The summed E-state index contributed by atoms with van der Waals surface area (Å²) in [7, 11) is 0. The van der Waals surface area contributed by atoms with E-state index < -0.39 is 6.61 Å². The van der Waals surface area contributed by atoms with E-state index in [1.165, 1.54) is 12.1 Å². The zero-order valence-electron chi connectivity index (χ0n) is 7.77. The highest BCUT2D eigenvalue weighted by atomic mass is 35.5. The summed E-state index contributed by atoms with van der Waals surface area (Å²) in [6.45, 7) is -0.813. The monoisotopic (exact) mass is 256 g/mol. The fraction of sp³-hybridized carbons (Fsp3) is 0.333. The molecule has 1 aromatic rings. The highest BCUT2D eigenvalue weighted by molar-refractivity contribution is 6.36. The third-order valence-electron chi connectivity index (χ3n) is 1.50. The van der Waals surface area contributed by atoms with Gasteiger partial charge in [0.25, 0.3) is 0 Å². The molecular weight excluding hydrogens is 249 g/mol. The number of halogens is 4. The van der Waals surface area contributed by atoms with E-state index in [1.54, 1.807) is 6.92 Å². The Hall–Kier alpha value is -0.740. The lowest BCUT2D eigenvalue weighted by Crippen LogP contribution is -2.03. The van der Waals surface area contributed by atoms with Crippen molar-refractivity contribution in [2.75, 3.05) is 6.61 Å². The largest absolute Gasteiger partial charge is 0.492 e. The van der Waals surface area contributed by atoms with Crippen molar-refractivity contribution in [2.24, 2.45) is 0 Å². The molecule has 0 aliphatic heterocycles. The van der Waals surface area contributed by atoms with E-state index in [-0.39, 0.29) is 21.5 Å². The molecule has 1 rings (SSSR count). The number of benzene rings is 1. The molecule has 0 fully saturated rings. The van der Waals surface area contributed by atoms with Gasteiger partial charge >= 0.3 is 6.61 Å². The summed E-state index contributed by atoms with van der Waals surface area (Å²) in [6.07, 6.45) is 0. The number of hydrogen-bond acceptors (Lipinski definition) is 2. The molecule has 0 amide bonds. The number of rotatable bonds is 4. The zero-order chi connectivity index (χ0) is 11.4. The third-order valence-corrected chi connectivity index (χ3v) is 2.09. The molecule has 0 spiro atoms. The van der Waals surface area contributed by atoms with E-state index in [0.29, 0.717) is 6.61 Å². The van der Waals surface area contributed by atoms with Crippen molar-refractivity contribution in [1.82, 2.24) is 0 Å². The van der Waals surface area contributed by atoms with Gasteiger partial charge in [-0.1, -0.05) is 23.2 Å². The van der Waals surface area contributed by atoms with Gasteiger partial charge in [-0.15, -0.1) is 0 Å². The Labute approximate surface area is 95.7 Å². The predicted molar refractivity (Wildman–Crippen MR) is 54.3 cm³/mol. The van der Waals surface area contributed by atoms with Crippen LogP contribution in [0.1, 0.15) is 6.92 Å². The number of alkyl halides is 2. The Morgan fingerprint density at radius 2 is 1.80 bits per heavy atom. The Bertz CT molecular complexity index is 345. The lowest BCUT2D eigenvalue weighted by atomic mass is 10.3. The third kappa shape index (κ3) is 3.39. The Morgan fingerprint density at radius 3 is 2.33 bits per heavy atom. The molecule has 0 saturated carbocycles. The maximum atomic E-state index is 12.0. The molecule has 15 heavy (non-hydrogen) atoms. The average Bonchev–Trinajstić information content (AvgIpc) is 2.12. The van der Waals surface area contributed by atoms with Crippen LogP contribution in [-0.4, -0.2) is 13.2 Å². The van der Waals surface area contributed by atoms with Crippen molar-refractivity contribution < 1.29 is 18.3 Å². The minimum absolute atomic E-state index is 0.0174. The molecule has 6 heteroatoms. The summed E-state index contributed by atoms with van der Waals surface area (Å²) in [5.41, 5.74) is 0. The number of hydrogen-bond donors (Lipinski definition) is 0. The van der Waals surface area contributed by atoms with Crippen LogP contribution in [0.4, 0.5) is 8.78 Å². The summed E-state index contributed by atoms with van der Waals surface area (Å²) in [6, 6.07) is 2.53. The van der Waals surface area contributed by atoms with Gasteiger partial charge in [-0.3, -0.25) is 0 Å². The van der Waals surface area contributed by atoms with Crippen molar-refractivity contribution in [2.45, 2.75) is 13.5 Å². The second-order valence-electron chi connectivity index (χ2n) is 2.52. The standard InChI is InChI=1S/C9H8Cl2F2O2/c1-2-14-7-4-8(15-9(12)13)6(11)3-5(7)10/h3-4,9H,2H2,1H3. The van der Waals surface area contributed by atoms with Gasteiger partial charge in [-0.05, 0) is 13.0 Å². The first-order chi connectivity index (χ1) is 7.04. The summed E-state index contributed by atoms with van der Waals surface area (Å²) in [5.74, 6) is 0.110. The maximum Gasteiger partial charge on any atom is 0.387 e. The van der Waals surface area contributed by atoms with E-state index in [0.717, 1.165) is 0 Å². The molecule has 0 N–H and O–H groups in total. The lowest BCUT2D eigenvalue weighted by Gasteiger charge is -2.10. The molecule has 0 aliphatic carbocycles. The molecule has 0 unspecified atom stereocenters. The Kier molecular flexibility index (Phi) is 4.42. The minimum Gasteiger partial charge on any atom is -0.492 e. The molecule has 0 aromatic heterocycles. The molecule has 2 nitrogen and oxygen atoms in total. The highest BCUT2D eigenvalue weighted by Crippen LogP contribution is 2.36. The molecule has 0 radical (unpaired) electrons. The fourth-order valence-corrected chi connectivity index (χ4v) is 1.45. The van der Waals surface area contributed by atoms with Crippen molar-refractivity contribution >= 4 is 23.2 Å². The first-order valence-electron chi connectivity index (χ1n) is 4.11. The van der Waals surface area contributed by atoms with Crippen LogP contribution in [0.3, 0.4) is 0 Å². The van der Waals surface area contributed by atoms with Gasteiger partial charge in [-0.2, -0.15) is 8.78 Å². The van der Waals surface area contributed by atoms with Gasteiger partial charge < -0.3 is 9.47 Å². The molecule has 0 saturated heterocycles. The minimum atomic E-state index is -2.93. The molecular formula is C9H8Cl2F2O2. The van der Waals surface area contributed by atoms with Crippen LogP contribution in [-0.2, 0) is 0 Å². The van der Waals surface area contributed by atoms with Crippen LogP contribution in [0.25, 0.3) is 0 Å². The highest BCUT2D eigenvalue weighted by Gasteiger charge is 2.12. The first kappa shape index (κ1) is 12.3. The molecule has 0 bridgehead atoms. The topological polar surface area (TPSA) is 18.5 Å². The summed E-state index contributed by atoms with van der Waals surface area (Å²) in [5, 5.41) is 0.271. The van der Waals surface area contributed by atoms with Gasteiger partial charge in [0.15, 0.2) is 0 Å². The van der Waals surface area contributed by atoms with Gasteiger partial charge in [0, 0.05) is 6.07 Å². The quantitative estimate of drug-likeness (QED) is 0.811. The van der Waals surface area contributed by atoms with Gasteiger partial charge in [0.2, 0.25) is 0 Å². The van der Waals surface area contributed by atoms with Crippen LogP contribution in [0.2, 0.25) is 10.0 Å². The summed E-state index contributed by atoms with van der Waals surface area (Å²) in [4.78, 5) is 0. The summed E-state index contributed by atoms with van der Waals surface area (Å²) < 4.78 is 33.2. The molecule has 84 valence electrons. The zero-order valence-corrected chi connectivity index (χ0v) is 9.28. The first-order valence-corrected chi connectivity index (χ1v) is 4.86. The number of ether oxygens (including phenoxy) is 2. The normalized spacial score (nSPS) is 10.5. The molecule has 1 aromatic carbocycles. The van der Waals surface area contributed by atoms with Crippen molar-refractivity contribution in [1.29, 1.82) is 0 Å². The Morgan fingerprint density at radius 1 is 1.20 bits per heavy atom.